The van der Waals surface area contributed by atoms with Crippen LogP contribution < -0.4 is 10.6 Å². The summed E-state index contributed by atoms with van der Waals surface area (Å²) in [7, 11) is 0. The van der Waals surface area contributed by atoms with E-state index in [1.54, 1.807) is 36.8 Å². The van der Waals surface area contributed by atoms with Crippen LogP contribution in [0, 0.1) is 11.3 Å². The van der Waals surface area contributed by atoms with Crippen molar-refractivity contribution < 1.29 is 4.79 Å². The Balaban J connectivity index is 1.79. The second-order valence-electron chi connectivity index (χ2n) is 3.90. The van der Waals surface area contributed by atoms with Gasteiger partial charge < -0.3 is 15.6 Å². The van der Waals surface area contributed by atoms with Gasteiger partial charge in [-0.25, -0.2) is 9.78 Å². The number of nitrogens with zero attached hydrogens (tertiary/aromatic N) is 2. The van der Waals surface area contributed by atoms with Gasteiger partial charge >= 0.3 is 6.03 Å². The lowest BCUT2D eigenvalue weighted by atomic mass is 10.2. The fourth-order valence-corrected chi connectivity index (χ4v) is 1.57. The van der Waals surface area contributed by atoms with E-state index in [1.165, 1.54) is 0 Å². The maximum absolute atomic E-state index is 11.6. The molecule has 0 saturated heterocycles. The third-order valence-electron chi connectivity index (χ3n) is 2.48. The smallest absolute Gasteiger partial charge is 0.319 e. The molecule has 0 atom stereocenters. The Labute approximate surface area is 110 Å². The van der Waals surface area contributed by atoms with E-state index in [9.17, 15) is 4.79 Å². The van der Waals surface area contributed by atoms with E-state index in [-0.39, 0.29) is 6.03 Å². The van der Waals surface area contributed by atoms with Crippen molar-refractivity contribution in [3.05, 3.63) is 48.0 Å². The number of amides is 2. The molecule has 0 aliphatic carbocycles. The lowest BCUT2D eigenvalue weighted by Crippen LogP contribution is -2.30. The minimum absolute atomic E-state index is 0.297. The number of hydrogen-bond acceptors (Lipinski definition) is 3. The first-order valence-electron chi connectivity index (χ1n) is 5.80. The highest BCUT2D eigenvalue weighted by atomic mass is 16.2. The summed E-state index contributed by atoms with van der Waals surface area (Å²) in [4.78, 5) is 18.5. The fourth-order valence-electron chi connectivity index (χ4n) is 1.57. The highest BCUT2D eigenvalue weighted by Gasteiger charge is 2.02. The number of aromatic nitrogens is 2. The molecule has 1 aromatic carbocycles. The van der Waals surface area contributed by atoms with Crippen molar-refractivity contribution in [2.45, 2.75) is 6.42 Å². The van der Waals surface area contributed by atoms with Crippen LogP contribution in [0.2, 0.25) is 0 Å². The average Bonchev–Trinajstić information content (AvgIpc) is 2.92. The molecule has 19 heavy (non-hydrogen) atoms. The summed E-state index contributed by atoms with van der Waals surface area (Å²) in [5.74, 6) is 0. The van der Waals surface area contributed by atoms with Crippen molar-refractivity contribution >= 4 is 11.7 Å². The molecule has 96 valence electrons. The lowest BCUT2D eigenvalue weighted by molar-refractivity contribution is 0.252. The number of rotatable bonds is 4. The quantitative estimate of drug-likeness (QED) is 0.775. The van der Waals surface area contributed by atoms with Gasteiger partial charge in [0.05, 0.1) is 18.0 Å². The van der Waals surface area contributed by atoms with Crippen molar-refractivity contribution in [2.24, 2.45) is 0 Å². The number of anilines is 1. The van der Waals surface area contributed by atoms with Crippen molar-refractivity contribution in [2.75, 3.05) is 11.9 Å². The Morgan fingerprint density at radius 3 is 3.11 bits per heavy atom. The number of urea groups is 1. The van der Waals surface area contributed by atoms with Crippen LogP contribution in [0.1, 0.15) is 11.3 Å². The minimum Gasteiger partial charge on any atom is -0.348 e. The first-order chi connectivity index (χ1) is 9.28. The Morgan fingerprint density at radius 1 is 1.47 bits per heavy atom. The molecule has 2 amide bonds. The molecular weight excluding hydrogens is 242 g/mol. The van der Waals surface area contributed by atoms with E-state index in [2.05, 4.69) is 20.6 Å². The summed E-state index contributed by atoms with van der Waals surface area (Å²) in [5, 5.41) is 14.2. The Bertz CT molecular complexity index is 585. The largest absolute Gasteiger partial charge is 0.348 e. The summed E-state index contributed by atoms with van der Waals surface area (Å²) in [6.45, 7) is 0.506. The molecule has 2 rings (SSSR count). The van der Waals surface area contributed by atoms with Crippen LogP contribution in [-0.4, -0.2) is 22.5 Å². The summed E-state index contributed by atoms with van der Waals surface area (Å²) in [6, 6.07) is 8.48. The number of nitriles is 1. The van der Waals surface area contributed by atoms with Crippen LogP contribution >= 0.6 is 0 Å². The van der Waals surface area contributed by atoms with Gasteiger partial charge in [-0.05, 0) is 18.2 Å². The highest BCUT2D eigenvalue weighted by Crippen LogP contribution is 2.09. The molecular formula is C13H13N5O. The average molecular weight is 255 g/mol. The minimum atomic E-state index is -0.297. The first-order valence-corrected chi connectivity index (χ1v) is 5.80. The molecule has 2 aromatic rings. The van der Waals surface area contributed by atoms with Gasteiger partial charge in [0, 0.05) is 30.5 Å². The molecule has 0 bridgehead atoms. The molecule has 0 aliphatic rings. The monoisotopic (exact) mass is 255 g/mol. The highest BCUT2D eigenvalue weighted by molar-refractivity contribution is 5.89. The molecule has 0 unspecified atom stereocenters. The van der Waals surface area contributed by atoms with Crippen LogP contribution in [0.4, 0.5) is 10.5 Å². The molecule has 0 radical (unpaired) electrons. The number of carbonyl (C=O) groups excluding carboxylic acids is 1. The number of H-pyrrole nitrogens is 1. The first kappa shape index (κ1) is 12.6. The van der Waals surface area contributed by atoms with Crippen LogP contribution in [0.3, 0.4) is 0 Å². The van der Waals surface area contributed by atoms with Gasteiger partial charge in [0.15, 0.2) is 0 Å². The van der Waals surface area contributed by atoms with Crippen molar-refractivity contribution in [1.29, 1.82) is 5.26 Å². The van der Waals surface area contributed by atoms with Gasteiger partial charge in [0.1, 0.15) is 0 Å². The van der Waals surface area contributed by atoms with E-state index >= 15 is 0 Å². The number of hydrogen-bond donors (Lipinski definition) is 3. The van der Waals surface area contributed by atoms with Crippen LogP contribution in [0.25, 0.3) is 0 Å². The van der Waals surface area contributed by atoms with Gasteiger partial charge in [0.25, 0.3) is 0 Å². The van der Waals surface area contributed by atoms with Crippen molar-refractivity contribution in [3.8, 4) is 6.07 Å². The third-order valence-corrected chi connectivity index (χ3v) is 2.48. The van der Waals surface area contributed by atoms with Crippen LogP contribution in [0.5, 0.6) is 0 Å². The van der Waals surface area contributed by atoms with E-state index < -0.39 is 0 Å². The zero-order valence-electron chi connectivity index (χ0n) is 10.2. The number of nitrogens with one attached hydrogen (secondary N) is 3. The van der Waals surface area contributed by atoms with Crippen molar-refractivity contribution in [1.82, 2.24) is 15.3 Å². The molecule has 0 aliphatic heterocycles. The molecule has 1 aromatic heterocycles. The number of aromatic amines is 1. The topological polar surface area (TPSA) is 93.6 Å². The molecule has 0 spiro atoms. The molecule has 6 heteroatoms. The van der Waals surface area contributed by atoms with E-state index in [4.69, 9.17) is 5.26 Å². The normalized spacial score (nSPS) is 9.63. The maximum atomic E-state index is 11.6. The van der Waals surface area contributed by atoms with E-state index in [1.807, 2.05) is 6.07 Å². The number of carbonyl (C=O) groups is 1. The summed E-state index contributed by atoms with van der Waals surface area (Å²) in [5.41, 5.74) is 2.07. The number of benzene rings is 1. The molecule has 6 nitrogen and oxygen atoms in total. The van der Waals surface area contributed by atoms with E-state index in [0.717, 1.165) is 5.69 Å². The predicted molar refractivity (Wildman–Crippen MR) is 70.5 cm³/mol. The third kappa shape index (κ3) is 3.85. The van der Waals surface area contributed by atoms with Crippen molar-refractivity contribution in [3.63, 3.8) is 0 Å². The van der Waals surface area contributed by atoms with Gasteiger partial charge in [-0.1, -0.05) is 6.07 Å². The Morgan fingerprint density at radius 2 is 2.37 bits per heavy atom. The second-order valence-corrected chi connectivity index (χ2v) is 3.90. The molecule has 0 fully saturated rings. The Hall–Kier alpha value is -2.81. The van der Waals surface area contributed by atoms with Gasteiger partial charge in [-0.15, -0.1) is 0 Å². The molecule has 0 saturated carbocycles. The number of imidazole rings is 1. The van der Waals surface area contributed by atoms with Gasteiger partial charge in [-0.3, -0.25) is 0 Å². The fraction of sp³-hybridized carbons (Fsp3) is 0.154. The van der Waals surface area contributed by atoms with Crippen LogP contribution in [0.15, 0.2) is 36.8 Å². The standard InChI is InChI=1S/C13H13N5O/c14-7-10-2-1-3-11(6-10)18-13(19)16-5-4-12-8-15-9-17-12/h1-3,6,8-9H,4-5H2,(H,15,17)(H2,16,18,19). The van der Waals surface area contributed by atoms with Crippen LogP contribution in [-0.2, 0) is 6.42 Å². The van der Waals surface area contributed by atoms with E-state index in [0.29, 0.717) is 24.2 Å². The second kappa shape index (κ2) is 6.21. The van der Waals surface area contributed by atoms with Gasteiger partial charge in [0.2, 0.25) is 0 Å². The predicted octanol–water partition coefficient (Wildman–Crippen LogP) is 1.65. The SMILES string of the molecule is N#Cc1cccc(NC(=O)NCCc2cnc[nH]2)c1. The summed E-state index contributed by atoms with van der Waals surface area (Å²) >= 11 is 0. The lowest BCUT2D eigenvalue weighted by Gasteiger charge is -2.07. The molecule has 1 heterocycles. The summed E-state index contributed by atoms with van der Waals surface area (Å²) < 4.78 is 0. The zero-order valence-corrected chi connectivity index (χ0v) is 10.2. The summed E-state index contributed by atoms with van der Waals surface area (Å²) in [6.07, 6.45) is 4.00. The Kier molecular flexibility index (Phi) is 4.13. The zero-order chi connectivity index (χ0) is 13.5. The maximum Gasteiger partial charge on any atom is 0.319 e. The van der Waals surface area contributed by atoms with Gasteiger partial charge in [-0.2, -0.15) is 5.26 Å². The molecule has 3 N–H and O–H groups in total.